The number of nitrogen functional groups attached to an aromatic ring is 1. The number of ether oxygens (including phenoxy) is 1. The van der Waals surface area contributed by atoms with Crippen molar-refractivity contribution in [2.24, 2.45) is 0 Å². The highest BCUT2D eigenvalue weighted by Crippen LogP contribution is 2.20. The van der Waals surface area contributed by atoms with Gasteiger partial charge in [0.1, 0.15) is 5.75 Å². The van der Waals surface area contributed by atoms with Crippen LogP contribution in [-0.2, 0) is 0 Å². The average molecular weight is 256 g/mol. The highest BCUT2D eigenvalue weighted by atomic mass is 16.5. The normalized spacial score (nSPS) is 9.95. The van der Waals surface area contributed by atoms with Crippen LogP contribution >= 0.6 is 0 Å². The SMILES string of the molecule is CCOc1ccccc1C(=O)Nc1cccc(N)c1. The van der Waals surface area contributed by atoms with Gasteiger partial charge in [-0.25, -0.2) is 0 Å². The van der Waals surface area contributed by atoms with Crippen LogP contribution in [0.25, 0.3) is 0 Å². The largest absolute Gasteiger partial charge is 0.493 e. The van der Waals surface area contributed by atoms with Gasteiger partial charge in [-0.3, -0.25) is 4.79 Å². The summed E-state index contributed by atoms with van der Waals surface area (Å²) < 4.78 is 5.43. The van der Waals surface area contributed by atoms with Gasteiger partial charge in [-0.2, -0.15) is 0 Å². The first-order chi connectivity index (χ1) is 9.20. The Morgan fingerprint density at radius 2 is 2.00 bits per heavy atom. The molecule has 98 valence electrons. The standard InChI is InChI=1S/C15H16N2O2/c1-2-19-14-9-4-3-8-13(14)15(18)17-12-7-5-6-11(16)10-12/h3-10H,2,16H2,1H3,(H,17,18). The van der Waals surface area contributed by atoms with Crippen molar-refractivity contribution >= 4 is 17.3 Å². The molecule has 2 aromatic carbocycles. The molecule has 0 aliphatic heterocycles. The summed E-state index contributed by atoms with van der Waals surface area (Å²) in [6.45, 7) is 2.40. The van der Waals surface area contributed by atoms with Crippen LogP contribution in [0.1, 0.15) is 17.3 Å². The number of carbonyl (C=O) groups excluding carboxylic acids is 1. The van der Waals surface area contributed by atoms with Crippen molar-refractivity contribution in [2.75, 3.05) is 17.7 Å². The molecule has 0 heterocycles. The Hall–Kier alpha value is -2.49. The monoisotopic (exact) mass is 256 g/mol. The van der Waals surface area contributed by atoms with Gasteiger partial charge in [-0.1, -0.05) is 18.2 Å². The number of nitrogens with one attached hydrogen (secondary N) is 1. The number of carbonyl (C=O) groups is 1. The summed E-state index contributed by atoms with van der Waals surface area (Å²) in [5.41, 5.74) is 7.45. The van der Waals surface area contributed by atoms with Gasteiger partial charge in [0.25, 0.3) is 5.91 Å². The molecule has 1 amide bonds. The third-order valence-corrected chi connectivity index (χ3v) is 2.58. The van der Waals surface area contributed by atoms with Crippen LogP contribution in [0.4, 0.5) is 11.4 Å². The van der Waals surface area contributed by atoms with Crippen molar-refractivity contribution in [3.05, 3.63) is 54.1 Å². The highest BCUT2D eigenvalue weighted by molar-refractivity contribution is 6.06. The summed E-state index contributed by atoms with van der Waals surface area (Å²) in [6.07, 6.45) is 0. The molecule has 3 N–H and O–H groups in total. The number of hydrogen-bond donors (Lipinski definition) is 2. The highest BCUT2D eigenvalue weighted by Gasteiger charge is 2.11. The number of para-hydroxylation sites is 1. The first-order valence-corrected chi connectivity index (χ1v) is 6.09. The maximum Gasteiger partial charge on any atom is 0.259 e. The molecule has 0 radical (unpaired) electrons. The summed E-state index contributed by atoms with van der Waals surface area (Å²) in [6, 6.07) is 14.2. The lowest BCUT2D eigenvalue weighted by molar-refractivity contribution is 0.102. The van der Waals surface area contributed by atoms with Crippen molar-refractivity contribution in [1.29, 1.82) is 0 Å². The molecule has 0 bridgehead atoms. The molecule has 2 rings (SSSR count). The topological polar surface area (TPSA) is 64.3 Å². The Labute approximate surface area is 112 Å². The minimum atomic E-state index is -0.213. The van der Waals surface area contributed by atoms with Gasteiger partial charge in [0.15, 0.2) is 0 Å². The second-order valence-electron chi connectivity index (χ2n) is 4.01. The van der Waals surface area contributed by atoms with Gasteiger partial charge < -0.3 is 15.8 Å². The minimum absolute atomic E-state index is 0.213. The summed E-state index contributed by atoms with van der Waals surface area (Å²) in [7, 11) is 0. The predicted molar refractivity (Wildman–Crippen MR) is 76.4 cm³/mol. The van der Waals surface area contributed by atoms with E-state index in [0.717, 1.165) is 0 Å². The third-order valence-electron chi connectivity index (χ3n) is 2.58. The summed E-state index contributed by atoms with van der Waals surface area (Å²) >= 11 is 0. The molecule has 0 aliphatic rings. The number of nitrogens with two attached hydrogens (primary N) is 1. The van der Waals surface area contributed by atoms with E-state index in [9.17, 15) is 4.79 Å². The molecule has 2 aromatic rings. The van der Waals surface area contributed by atoms with Crippen LogP contribution in [0.15, 0.2) is 48.5 Å². The lowest BCUT2D eigenvalue weighted by Crippen LogP contribution is -2.13. The van der Waals surface area contributed by atoms with Crippen LogP contribution in [0.5, 0.6) is 5.75 Å². The van der Waals surface area contributed by atoms with Gasteiger partial charge in [0.05, 0.1) is 12.2 Å². The maximum atomic E-state index is 12.2. The van der Waals surface area contributed by atoms with E-state index >= 15 is 0 Å². The lowest BCUT2D eigenvalue weighted by Gasteiger charge is -2.10. The molecule has 0 atom stereocenters. The van der Waals surface area contributed by atoms with E-state index < -0.39 is 0 Å². The van der Waals surface area contributed by atoms with E-state index in [0.29, 0.717) is 29.3 Å². The Kier molecular flexibility index (Phi) is 4.03. The number of rotatable bonds is 4. The summed E-state index contributed by atoms with van der Waals surface area (Å²) in [5, 5.41) is 2.80. The third kappa shape index (κ3) is 3.25. The molecule has 4 heteroatoms. The molecule has 0 fully saturated rings. The number of benzene rings is 2. The molecule has 0 aromatic heterocycles. The quantitative estimate of drug-likeness (QED) is 0.827. The maximum absolute atomic E-state index is 12.2. The van der Waals surface area contributed by atoms with E-state index in [1.165, 1.54) is 0 Å². The van der Waals surface area contributed by atoms with Crippen molar-refractivity contribution in [2.45, 2.75) is 6.92 Å². The van der Waals surface area contributed by atoms with E-state index in [1.54, 1.807) is 42.5 Å². The fraction of sp³-hybridized carbons (Fsp3) is 0.133. The van der Waals surface area contributed by atoms with Crippen LogP contribution in [0.2, 0.25) is 0 Å². The second-order valence-corrected chi connectivity index (χ2v) is 4.01. The summed E-state index contributed by atoms with van der Waals surface area (Å²) in [5.74, 6) is 0.362. The zero-order valence-corrected chi connectivity index (χ0v) is 10.7. The van der Waals surface area contributed by atoms with E-state index in [1.807, 2.05) is 13.0 Å². The molecule has 0 spiro atoms. The first-order valence-electron chi connectivity index (χ1n) is 6.09. The van der Waals surface area contributed by atoms with Crippen molar-refractivity contribution in [3.8, 4) is 5.75 Å². The molecule has 0 aliphatic carbocycles. The molecule has 0 unspecified atom stereocenters. The fourth-order valence-electron chi connectivity index (χ4n) is 1.75. The van der Waals surface area contributed by atoms with Gasteiger partial charge in [0, 0.05) is 11.4 Å². The van der Waals surface area contributed by atoms with Gasteiger partial charge in [0.2, 0.25) is 0 Å². The summed E-state index contributed by atoms with van der Waals surface area (Å²) in [4.78, 5) is 12.2. The van der Waals surface area contributed by atoms with E-state index in [4.69, 9.17) is 10.5 Å². The second kappa shape index (κ2) is 5.91. The Bertz CT molecular complexity index is 582. The Balaban J connectivity index is 2.20. The molecule has 0 saturated heterocycles. The number of amides is 1. The van der Waals surface area contributed by atoms with Crippen LogP contribution in [0.3, 0.4) is 0 Å². The zero-order chi connectivity index (χ0) is 13.7. The smallest absolute Gasteiger partial charge is 0.259 e. The van der Waals surface area contributed by atoms with Gasteiger partial charge >= 0.3 is 0 Å². The first kappa shape index (κ1) is 13.0. The van der Waals surface area contributed by atoms with E-state index in [2.05, 4.69) is 5.32 Å². The van der Waals surface area contributed by atoms with Gasteiger partial charge in [-0.15, -0.1) is 0 Å². The van der Waals surface area contributed by atoms with Crippen LogP contribution < -0.4 is 15.8 Å². The van der Waals surface area contributed by atoms with Crippen molar-refractivity contribution in [1.82, 2.24) is 0 Å². The minimum Gasteiger partial charge on any atom is -0.493 e. The number of anilines is 2. The van der Waals surface area contributed by atoms with E-state index in [-0.39, 0.29) is 5.91 Å². The van der Waals surface area contributed by atoms with Crippen LogP contribution in [0, 0.1) is 0 Å². The van der Waals surface area contributed by atoms with Crippen LogP contribution in [-0.4, -0.2) is 12.5 Å². The molecule has 4 nitrogen and oxygen atoms in total. The Morgan fingerprint density at radius 1 is 1.21 bits per heavy atom. The van der Waals surface area contributed by atoms with Crippen molar-refractivity contribution < 1.29 is 9.53 Å². The Morgan fingerprint density at radius 3 is 2.74 bits per heavy atom. The zero-order valence-electron chi connectivity index (χ0n) is 10.7. The van der Waals surface area contributed by atoms with Gasteiger partial charge in [-0.05, 0) is 37.3 Å². The molecular formula is C15H16N2O2. The molecule has 19 heavy (non-hydrogen) atoms. The molecular weight excluding hydrogens is 240 g/mol. The van der Waals surface area contributed by atoms with Crippen molar-refractivity contribution in [3.63, 3.8) is 0 Å². The number of hydrogen-bond acceptors (Lipinski definition) is 3. The lowest BCUT2D eigenvalue weighted by atomic mass is 10.2. The predicted octanol–water partition coefficient (Wildman–Crippen LogP) is 2.92. The molecule has 0 saturated carbocycles. The average Bonchev–Trinajstić information content (AvgIpc) is 2.39. The fourth-order valence-corrected chi connectivity index (χ4v) is 1.75.